The van der Waals surface area contributed by atoms with Crippen molar-refractivity contribution in [2.75, 3.05) is 20.3 Å². The number of likely N-dealkylation sites (tertiary alicyclic amines) is 1. The SMILES string of the molecule is COCCCC1CCCCN1C(=O)c1cn(C)nc1C(F)F. The van der Waals surface area contributed by atoms with Crippen LogP contribution in [0.3, 0.4) is 0 Å². The monoisotopic (exact) mass is 315 g/mol. The number of piperidine rings is 1. The van der Waals surface area contributed by atoms with E-state index < -0.39 is 12.1 Å². The molecule has 0 saturated carbocycles. The highest BCUT2D eigenvalue weighted by Crippen LogP contribution is 2.27. The first kappa shape index (κ1) is 16.9. The number of aryl methyl sites for hydroxylation is 1. The van der Waals surface area contributed by atoms with Gasteiger partial charge in [0, 0.05) is 39.5 Å². The van der Waals surface area contributed by atoms with E-state index in [-0.39, 0.29) is 17.5 Å². The van der Waals surface area contributed by atoms with Gasteiger partial charge in [0.2, 0.25) is 0 Å². The number of hydrogen-bond acceptors (Lipinski definition) is 3. The molecule has 2 rings (SSSR count). The molecule has 0 N–H and O–H groups in total. The lowest BCUT2D eigenvalue weighted by Gasteiger charge is -2.36. The number of ether oxygens (including phenoxy) is 1. The first-order valence-electron chi connectivity index (χ1n) is 7.66. The molecule has 1 aliphatic rings. The molecule has 0 spiro atoms. The van der Waals surface area contributed by atoms with Gasteiger partial charge in [-0.2, -0.15) is 5.10 Å². The number of carbonyl (C=O) groups excluding carboxylic acids is 1. The molecular formula is C15H23F2N3O2. The molecule has 1 saturated heterocycles. The van der Waals surface area contributed by atoms with Gasteiger partial charge in [-0.1, -0.05) is 0 Å². The fourth-order valence-corrected chi connectivity index (χ4v) is 3.02. The summed E-state index contributed by atoms with van der Waals surface area (Å²) in [5, 5.41) is 3.73. The van der Waals surface area contributed by atoms with E-state index >= 15 is 0 Å². The minimum atomic E-state index is -2.74. The van der Waals surface area contributed by atoms with Crippen LogP contribution in [0.2, 0.25) is 0 Å². The zero-order valence-electron chi connectivity index (χ0n) is 13.1. The Labute approximate surface area is 129 Å². The normalized spacial score (nSPS) is 19.0. The van der Waals surface area contributed by atoms with E-state index in [1.165, 1.54) is 10.9 Å². The van der Waals surface area contributed by atoms with Crippen molar-refractivity contribution >= 4 is 5.91 Å². The van der Waals surface area contributed by atoms with Crippen molar-refractivity contribution in [1.82, 2.24) is 14.7 Å². The Kier molecular flexibility index (Phi) is 5.88. The van der Waals surface area contributed by atoms with E-state index in [2.05, 4.69) is 5.10 Å². The first-order chi connectivity index (χ1) is 10.5. The summed E-state index contributed by atoms with van der Waals surface area (Å²) in [5.74, 6) is -0.328. The van der Waals surface area contributed by atoms with Crippen LogP contribution in [0.5, 0.6) is 0 Å². The van der Waals surface area contributed by atoms with Gasteiger partial charge in [0.25, 0.3) is 12.3 Å². The Balaban J connectivity index is 2.15. The molecule has 7 heteroatoms. The summed E-state index contributed by atoms with van der Waals surface area (Å²) < 4.78 is 32.4. The van der Waals surface area contributed by atoms with Crippen molar-refractivity contribution in [3.05, 3.63) is 17.5 Å². The van der Waals surface area contributed by atoms with Crippen LogP contribution in [0.15, 0.2) is 6.20 Å². The van der Waals surface area contributed by atoms with Gasteiger partial charge in [0.1, 0.15) is 5.69 Å². The van der Waals surface area contributed by atoms with Crippen LogP contribution >= 0.6 is 0 Å². The molecule has 1 fully saturated rings. The minimum Gasteiger partial charge on any atom is -0.385 e. The second kappa shape index (κ2) is 7.67. The summed E-state index contributed by atoms with van der Waals surface area (Å²) in [6.45, 7) is 1.27. The van der Waals surface area contributed by atoms with Gasteiger partial charge in [0.05, 0.1) is 5.56 Å². The lowest BCUT2D eigenvalue weighted by Crippen LogP contribution is -2.44. The average Bonchev–Trinajstić information content (AvgIpc) is 2.89. The fraction of sp³-hybridized carbons (Fsp3) is 0.733. The van der Waals surface area contributed by atoms with Gasteiger partial charge in [-0.05, 0) is 32.1 Å². The number of carbonyl (C=O) groups is 1. The maximum atomic E-state index is 13.1. The largest absolute Gasteiger partial charge is 0.385 e. The van der Waals surface area contributed by atoms with E-state index in [4.69, 9.17) is 4.74 Å². The highest BCUT2D eigenvalue weighted by atomic mass is 19.3. The lowest BCUT2D eigenvalue weighted by molar-refractivity contribution is 0.0574. The molecule has 124 valence electrons. The summed E-state index contributed by atoms with van der Waals surface area (Å²) >= 11 is 0. The zero-order chi connectivity index (χ0) is 16.1. The number of aromatic nitrogens is 2. The van der Waals surface area contributed by atoms with Crippen LogP contribution in [0.1, 0.15) is 54.6 Å². The van der Waals surface area contributed by atoms with Crippen LogP contribution in [0, 0.1) is 0 Å². The summed E-state index contributed by atoms with van der Waals surface area (Å²) in [6.07, 6.45) is 3.25. The number of halogens is 2. The topological polar surface area (TPSA) is 47.4 Å². The Morgan fingerprint density at radius 1 is 1.50 bits per heavy atom. The van der Waals surface area contributed by atoms with E-state index in [0.29, 0.717) is 13.2 Å². The molecule has 1 atom stereocenters. The second-order valence-electron chi connectivity index (χ2n) is 5.69. The predicted molar refractivity (Wildman–Crippen MR) is 78.0 cm³/mol. The maximum absolute atomic E-state index is 13.1. The van der Waals surface area contributed by atoms with Crippen LogP contribution in [-0.4, -0.2) is 46.9 Å². The highest BCUT2D eigenvalue weighted by molar-refractivity contribution is 5.95. The summed E-state index contributed by atoms with van der Waals surface area (Å²) in [6, 6.07) is 0.0992. The van der Waals surface area contributed by atoms with Crippen molar-refractivity contribution in [3.8, 4) is 0 Å². The summed E-state index contributed by atoms with van der Waals surface area (Å²) in [5.41, 5.74) is -0.398. The minimum absolute atomic E-state index is 0.0242. The molecule has 0 aliphatic carbocycles. The predicted octanol–water partition coefficient (Wildman–Crippen LogP) is 2.78. The van der Waals surface area contributed by atoms with Gasteiger partial charge < -0.3 is 9.64 Å². The standard InChI is InChI=1S/C15H23F2N3O2/c1-19-10-12(13(18-19)14(16)17)15(21)20-8-4-3-6-11(20)7-5-9-22-2/h10-11,14H,3-9H2,1-2H3. The molecule has 2 heterocycles. The molecule has 1 aromatic rings. The van der Waals surface area contributed by atoms with E-state index in [0.717, 1.165) is 32.1 Å². The van der Waals surface area contributed by atoms with Crippen molar-refractivity contribution in [2.24, 2.45) is 7.05 Å². The van der Waals surface area contributed by atoms with Gasteiger partial charge in [-0.25, -0.2) is 8.78 Å². The van der Waals surface area contributed by atoms with E-state index in [1.807, 2.05) is 0 Å². The van der Waals surface area contributed by atoms with Crippen LogP contribution < -0.4 is 0 Å². The third-order valence-corrected chi connectivity index (χ3v) is 4.07. The average molecular weight is 315 g/mol. The van der Waals surface area contributed by atoms with E-state index in [1.54, 1.807) is 19.1 Å². The maximum Gasteiger partial charge on any atom is 0.282 e. The lowest BCUT2D eigenvalue weighted by atomic mass is 9.97. The highest BCUT2D eigenvalue weighted by Gasteiger charge is 2.31. The molecule has 1 unspecified atom stereocenters. The van der Waals surface area contributed by atoms with Crippen molar-refractivity contribution in [3.63, 3.8) is 0 Å². The second-order valence-corrected chi connectivity index (χ2v) is 5.69. The molecule has 0 radical (unpaired) electrons. The molecule has 22 heavy (non-hydrogen) atoms. The third kappa shape index (κ3) is 3.82. The molecule has 0 bridgehead atoms. The number of methoxy groups -OCH3 is 1. The molecule has 1 aliphatic heterocycles. The summed E-state index contributed by atoms with van der Waals surface area (Å²) in [4.78, 5) is 14.4. The smallest absolute Gasteiger partial charge is 0.282 e. The van der Waals surface area contributed by atoms with Crippen molar-refractivity contribution in [1.29, 1.82) is 0 Å². The number of alkyl halides is 2. The van der Waals surface area contributed by atoms with Crippen LogP contribution in [-0.2, 0) is 11.8 Å². The number of rotatable bonds is 6. The number of nitrogens with zero attached hydrogens (tertiary/aromatic N) is 3. The Morgan fingerprint density at radius 3 is 2.95 bits per heavy atom. The Morgan fingerprint density at radius 2 is 2.27 bits per heavy atom. The van der Waals surface area contributed by atoms with Gasteiger partial charge in [-0.15, -0.1) is 0 Å². The van der Waals surface area contributed by atoms with Gasteiger partial charge in [0.15, 0.2) is 0 Å². The quantitative estimate of drug-likeness (QED) is 0.758. The van der Waals surface area contributed by atoms with Gasteiger partial charge in [-0.3, -0.25) is 9.48 Å². The number of amides is 1. The summed E-state index contributed by atoms with van der Waals surface area (Å²) in [7, 11) is 3.20. The molecule has 1 aromatic heterocycles. The Hall–Kier alpha value is -1.50. The number of hydrogen-bond donors (Lipinski definition) is 0. The fourth-order valence-electron chi connectivity index (χ4n) is 3.02. The molecule has 0 aromatic carbocycles. The van der Waals surface area contributed by atoms with Crippen molar-refractivity contribution < 1.29 is 18.3 Å². The van der Waals surface area contributed by atoms with E-state index in [9.17, 15) is 13.6 Å². The van der Waals surface area contributed by atoms with Gasteiger partial charge >= 0.3 is 0 Å². The third-order valence-electron chi connectivity index (χ3n) is 4.07. The molecule has 1 amide bonds. The molecule has 5 nitrogen and oxygen atoms in total. The van der Waals surface area contributed by atoms with Crippen LogP contribution in [0.25, 0.3) is 0 Å². The zero-order valence-corrected chi connectivity index (χ0v) is 13.1. The molecular weight excluding hydrogens is 292 g/mol. The van der Waals surface area contributed by atoms with Crippen molar-refractivity contribution in [2.45, 2.75) is 44.6 Å². The Bertz CT molecular complexity index is 505. The van der Waals surface area contributed by atoms with Crippen LogP contribution in [0.4, 0.5) is 8.78 Å². The first-order valence-corrected chi connectivity index (χ1v) is 7.66.